The van der Waals surface area contributed by atoms with Gasteiger partial charge in [-0.2, -0.15) is 0 Å². The number of hydrogen-bond donors (Lipinski definition) is 2. The van der Waals surface area contributed by atoms with Crippen molar-refractivity contribution in [2.24, 2.45) is 0 Å². The summed E-state index contributed by atoms with van der Waals surface area (Å²) in [5, 5.41) is 11.9. The van der Waals surface area contributed by atoms with Crippen LogP contribution in [0.3, 0.4) is 0 Å². The van der Waals surface area contributed by atoms with Crippen LogP contribution in [0.5, 0.6) is 0 Å². The SMILES string of the molecule is O=C(O)c1ccnc(NCCN2CCCCC2)n1. The first-order valence-corrected chi connectivity index (χ1v) is 6.28. The van der Waals surface area contributed by atoms with E-state index in [1.807, 2.05) is 0 Å². The van der Waals surface area contributed by atoms with Gasteiger partial charge >= 0.3 is 5.97 Å². The molecule has 0 spiro atoms. The molecular weight excluding hydrogens is 232 g/mol. The van der Waals surface area contributed by atoms with E-state index >= 15 is 0 Å². The molecule has 1 saturated heterocycles. The first kappa shape index (κ1) is 12.8. The molecule has 0 amide bonds. The van der Waals surface area contributed by atoms with Crippen LogP contribution in [0.1, 0.15) is 29.8 Å². The molecule has 6 nitrogen and oxygen atoms in total. The van der Waals surface area contributed by atoms with Crippen LogP contribution in [0, 0.1) is 0 Å². The van der Waals surface area contributed by atoms with Crippen molar-refractivity contribution < 1.29 is 9.90 Å². The third kappa shape index (κ3) is 3.66. The van der Waals surface area contributed by atoms with Gasteiger partial charge in [-0.1, -0.05) is 6.42 Å². The number of anilines is 1. The average Bonchev–Trinajstić information content (AvgIpc) is 2.40. The van der Waals surface area contributed by atoms with Crippen molar-refractivity contribution in [2.45, 2.75) is 19.3 Å². The van der Waals surface area contributed by atoms with Gasteiger partial charge in [-0.15, -0.1) is 0 Å². The van der Waals surface area contributed by atoms with Gasteiger partial charge in [0, 0.05) is 19.3 Å². The van der Waals surface area contributed by atoms with Crippen LogP contribution in [0.4, 0.5) is 5.95 Å². The largest absolute Gasteiger partial charge is 0.477 e. The lowest BCUT2D eigenvalue weighted by Crippen LogP contribution is -2.33. The van der Waals surface area contributed by atoms with E-state index in [1.54, 1.807) is 0 Å². The molecule has 2 rings (SSSR count). The quantitative estimate of drug-likeness (QED) is 0.814. The van der Waals surface area contributed by atoms with Gasteiger partial charge in [-0.05, 0) is 32.0 Å². The van der Waals surface area contributed by atoms with Crippen LogP contribution in [-0.4, -0.2) is 52.1 Å². The van der Waals surface area contributed by atoms with E-state index in [0.717, 1.165) is 26.2 Å². The summed E-state index contributed by atoms with van der Waals surface area (Å²) in [6, 6.07) is 1.39. The summed E-state index contributed by atoms with van der Waals surface area (Å²) >= 11 is 0. The highest BCUT2D eigenvalue weighted by molar-refractivity contribution is 5.85. The van der Waals surface area contributed by atoms with Gasteiger partial charge in [-0.25, -0.2) is 14.8 Å². The molecule has 0 aromatic carbocycles. The van der Waals surface area contributed by atoms with Gasteiger partial charge in [0.05, 0.1) is 0 Å². The molecule has 0 aliphatic carbocycles. The Morgan fingerprint density at radius 3 is 2.89 bits per heavy atom. The normalized spacial score (nSPS) is 16.4. The number of likely N-dealkylation sites (tertiary alicyclic amines) is 1. The van der Waals surface area contributed by atoms with E-state index in [9.17, 15) is 4.79 Å². The van der Waals surface area contributed by atoms with Crippen molar-refractivity contribution in [3.8, 4) is 0 Å². The number of piperidine rings is 1. The predicted molar refractivity (Wildman–Crippen MR) is 67.8 cm³/mol. The van der Waals surface area contributed by atoms with Gasteiger partial charge in [0.25, 0.3) is 0 Å². The number of carbonyl (C=O) groups is 1. The van der Waals surface area contributed by atoms with Crippen molar-refractivity contribution >= 4 is 11.9 Å². The molecule has 18 heavy (non-hydrogen) atoms. The summed E-state index contributed by atoms with van der Waals surface area (Å²) in [6.45, 7) is 3.99. The van der Waals surface area contributed by atoms with Crippen LogP contribution in [-0.2, 0) is 0 Å². The molecule has 2 N–H and O–H groups in total. The van der Waals surface area contributed by atoms with Crippen molar-refractivity contribution in [1.29, 1.82) is 0 Å². The summed E-state index contributed by atoms with van der Waals surface area (Å²) < 4.78 is 0. The van der Waals surface area contributed by atoms with E-state index in [-0.39, 0.29) is 5.69 Å². The minimum Gasteiger partial charge on any atom is -0.477 e. The van der Waals surface area contributed by atoms with Crippen molar-refractivity contribution in [3.63, 3.8) is 0 Å². The first-order chi connectivity index (χ1) is 8.75. The highest BCUT2D eigenvalue weighted by Crippen LogP contribution is 2.08. The van der Waals surface area contributed by atoms with Gasteiger partial charge in [0.1, 0.15) is 0 Å². The summed E-state index contributed by atoms with van der Waals surface area (Å²) in [7, 11) is 0. The second kappa shape index (κ2) is 6.30. The highest BCUT2D eigenvalue weighted by Gasteiger charge is 2.10. The zero-order valence-electron chi connectivity index (χ0n) is 10.3. The number of aromatic nitrogens is 2. The van der Waals surface area contributed by atoms with Crippen LogP contribution in [0.2, 0.25) is 0 Å². The Kier molecular flexibility index (Phi) is 4.46. The van der Waals surface area contributed by atoms with Crippen LogP contribution < -0.4 is 5.32 Å². The van der Waals surface area contributed by atoms with Crippen LogP contribution in [0.25, 0.3) is 0 Å². The van der Waals surface area contributed by atoms with Crippen LogP contribution in [0.15, 0.2) is 12.3 Å². The maximum absolute atomic E-state index is 10.7. The second-order valence-corrected chi connectivity index (χ2v) is 4.40. The second-order valence-electron chi connectivity index (χ2n) is 4.40. The van der Waals surface area contributed by atoms with E-state index in [2.05, 4.69) is 20.2 Å². The van der Waals surface area contributed by atoms with Crippen molar-refractivity contribution in [1.82, 2.24) is 14.9 Å². The molecule has 0 unspecified atom stereocenters. The molecule has 0 saturated carbocycles. The monoisotopic (exact) mass is 250 g/mol. The van der Waals surface area contributed by atoms with Gasteiger partial charge in [-0.3, -0.25) is 0 Å². The zero-order valence-corrected chi connectivity index (χ0v) is 10.3. The van der Waals surface area contributed by atoms with E-state index in [0.29, 0.717) is 5.95 Å². The number of nitrogens with zero attached hydrogens (tertiary/aromatic N) is 3. The van der Waals surface area contributed by atoms with E-state index < -0.39 is 5.97 Å². The summed E-state index contributed by atoms with van der Waals surface area (Å²) in [5.74, 6) is -0.650. The molecule has 0 radical (unpaired) electrons. The number of carboxylic acid groups (broad SMARTS) is 1. The Bertz CT molecular complexity index is 405. The fraction of sp³-hybridized carbons (Fsp3) is 0.583. The standard InChI is InChI=1S/C12H18N4O2/c17-11(18)10-4-5-13-12(15-10)14-6-9-16-7-2-1-3-8-16/h4-5H,1-3,6-9H2,(H,17,18)(H,13,14,15). The first-order valence-electron chi connectivity index (χ1n) is 6.28. The number of carboxylic acids is 1. The lowest BCUT2D eigenvalue weighted by molar-refractivity contribution is 0.0690. The maximum Gasteiger partial charge on any atom is 0.354 e. The maximum atomic E-state index is 10.7. The lowest BCUT2D eigenvalue weighted by atomic mass is 10.1. The summed E-state index contributed by atoms with van der Waals surface area (Å²) in [6.07, 6.45) is 5.32. The zero-order chi connectivity index (χ0) is 12.8. The number of hydrogen-bond acceptors (Lipinski definition) is 5. The Labute approximate surface area is 106 Å². The Morgan fingerprint density at radius 1 is 1.39 bits per heavy atom. The van der Waals surface area contributed by atoms with Gasteiger partial charge in [0.15, 0.2) is 5.69 Å². The molecule has 0 bridgehead atoms. The molecule has 1 fully saturated rings. The van der Waals surface area contributed by atoms with Gasteiger partial charge < -0.3 is 15.3 Å². The third-order valence-electron chi connectivity index (χ3n) is 3.03. The molecule has 1 aliphatic heterocycles. The van der Waals surface area contributed by atoms with Crippen molar-refractivity contribution in [2.75, 3.05) is 31.5 Å². The summed E-state index contributed by atoms with van der Waals surface area (Å²) in [4.78, 5) is 21.1. The summed E-state index contributed by atoms with van der Waals surface area (Å²) in [5.41, 5.74) is 0.0190. The highest BCUT2D eigenvalue weighted by atomic mass is 16.4. The number of rotatable bonds is 5. The van der Waals surface area contributed by atoms with E-state index in [1.165, 1.54) is 31.5 Å². The topological polar surface area (TPSA) is 78.3 Å². The Balaban J connectivity index is 1.78. The smallest absolute Gasteiger partial charge is 0.354 e. The van der Waals surface area contributed by atoms with E-state index in [4.69, 9.17) is 5.11 Å². The molecule has 2 heterocycles. The molecular formula is C12H18N4O2. The number of aromatic carboxylic acids is 1. The molecule has 0 atom stereocenters. The Hall–Kier alpha value is -1.69. The Morgan fingerprint density at radius 2 is 2.17 bits per heavy atom. The molecule has 1 aliphatic rings. The van der Waals surface area contributed by atoms with Crippen LogP contribution >= 0.6 is 0 Å². The third-order valence-corrected chi connectivity index (χ3v) is 3.03. The number of nitrogens with one attached hydrogen (secondary N) is 1. The fourth-order valence-electron chi connectivity index (χ4n) is 2.07. The van der Waals surface area contributed by atoms with Crippen molar-refractivity contribution in [3.05, 3.63) is 18.0 Å². The molecule has 1 aromatic heterocycles. The molecule has 98 valence electrons. The predicted octanol–water partition coefficient (Wildman–Crippen LogP) is 1.07. The van der Waals surface area contributed by atoms with Gasteiger partial charge in [0.2, 0.25) is 5.95 Å². The average molecular weight is 250 g/mol. The molecule has 6 heteroatoms. The molecule has 1 aromatic rings. The fourth-order valence-corrected chi connectivity index (χ4v) is 2.07. The minimum absolute atomic E-state index is 0.0190. The minimum atomic E-state index is -1.03. The lowest BCUT2D eigenvalue weighted by Gasteiger charge is -2.26.